The molecule has 0 bridgehead atoms. The van der Waals surface area contributed by atoms with E-state index in [1.54, 1.807) is 0 Å². The summed E-state index contributed by atoms with van der Waals surface area (Å²) in [5, 5.41) is 5.52. The lowest BCUT2D eigenvalue weighted by molar-refractivity contribution is 1.07. The van der Waals surface area contributed by atoms with Crippen LogP contribution in [0.15, 0.2) is 152 Å². The Morgan fingerprint density at radius 3 is 1.70 bits per heavy atom. The monoisotopic (exact) mass is 587 g/mol. The second-order valence-electron chi connectivity index (χ2n) is 11.4. The molecule has 6 aromatic carbocycles. The van der Waals surface area contributed by atoms with Gasteiger partial charge in [0.25, 0.3) is 0 Å². The summed E-state index contributed by atoms with van der Waals surface area (Å²) in [4.78, 5) is 24.9. The molecule has 0 atom stereocenters. The van der Waals surface area contributed by atoms with Crippen molar-refractivity contribution in [2.75, 3.05) is 0 Å². The fourth-order valence-electron chi connectivity index (χ4n) is 6.27. The number of benzene rings is 6. The maximum absolute atomic E-state index is 5.22. The number of rotatable bonds is 4. The first-order chi connectivity index (χ1) is 22.8. The smallest absolute Gasteiger partial charge is 0.164 e. The lowest BCUT2D eigenvalue weighted by Crippen LogP contribution is -2.00. The van der Waals surface area contributed by atoms with Gasteiger partial charge in [-0.1, -0.05) is 121 Å². The molecule has 0 radical (unpaired) electrons. The van der Waals surface area contributed by atoms with E-state index < -0.39 is 0 Å². The molecule has 3 heterocycles. The van der Waals surface area contributed by atoms with E-state index >= 15 is 0 Å². The van der Waals surface area contributed by atoms with Crippen LogP contribution in [-0.2, 0) is 0 Å². The minimum absolute atomic E-state index is 0.623. The average Bonchev–Trinajstić information content (AvgIpc) is 3.14. The van der Waals surface area contributed by atoms with E-state index in [0.29, 0.717) is 17.5 Å². The lowest BCUT2D eigenvalue weighted by Gasteiger charge is -2.13. The molecule has 0 fully saturated rings. The minimum Gasteiger partial charge on any atom is -0.254 e. The molecule has 0 aliphatic heterocycles. The summed E-state index contributed by atoms with van der Waals surface area (Å²) < 4.78 is 0. The number of nitrogens with zero attached hydrogens (tertiary/aromatic N) is 5. The first-order valence-electron chi connectivity index (χ1n) is 15.3. The van der Waals surface area contributed by atoms with Crippen LogP contribution in [0.4, 0.5) is 0 Å². The van der Waals surface area contributed by atoms with Gasteiger partial charge in [-0.25, -0.2) is 19.9 Å². The van der Waals surface area contributed by atoms with E-state index in [-0.39, 0.29) is 0 Å². The number of aromatic nitrogens is 5. The normalized spacial score (nSPS) is 11.5. The molecule has 0 amide bonds. The van der Waals surface area contributed by atoms with Crippen LogP contribution in [-0.4, -0.2) is 24.9 Å². The van der Waals surface area contributed by atoms with E-state index in [1.807, 2.05) is 72.9 Å². The van der Waals surface area contributed by atoms with Crippen molar-refractivity contribution < 1.29 is 0 Å². The Morgan fingerprint density at radius 2 is 0.935 bits per heavy atom. The predicted octanol–water partition coefficient (Wildman–Crippen LogP) is 9.94. The summed E-state index contributed by atoms with van der Waals surface area (Å²) in [6, 6.07) is 49.8. The third-order valence-corrected chi connectivity index (χ3v) is 8.49. The summed E-state index contributed by atoms with van der Waals surface area (Å²) in [7, 11) is 0. The zero-order chi connectivity index (χ0) is 30.5. The Balaban J connectivity index is 1.24. The maximum atomic E-state index is 5.22. The molecule has 3 aromatic heterocycles. The predicted molar refractivity (Wildman–Crippen MR) is 187 cm³/mol. The zero-order valence-electron chi connectivity index (χ0n) is 24.7. The summed E-state index contributed by atoms with van der Waals surface area (Å²) in [5.74, 6) is 1.90. The standard InChI is InChI=1S/C41H25N5/c1-3-12-27(13-4-1)39-44-40(28-14-5-2-6-15-28)46-41(45-39)31-17-9-16-29(23-31)35-25-32-24-30-21-20-26-11-7-8-18-33(26)36(30)43-37(32)38-34(35)19-10-22-42-38/h1-25H. The van der Waals surface area contributed by atoms with E-state index in [9.17, 15) is 0 Å². The molecule has 46 heavy (non-hydrogen) atoms. The van der Waals surface area contributed by atoms with Gasteiger partial charge in [-0.15, -0.1) is 0 Å². The van der Waals surface area contributed by atoms with Crippen LogP contribution in [0, 0.1) is 0 Å². The summed E-state index contributed by atoms with van der Waals surface area (Å²) in [5.41, 5.74) is 7.71. The van der Waals surface area contributed by atoms with Gasteiger partial charge in [0.2, 0.25) is 0 Å². The second kappa shape index (κ2) is 10.7. The Labute approximate surface area is 264 Å². The van der Waals surface area contributed by atoms with Crippen molar-refractivity contribution in [1.29, 1.82) is 0 Å². The highest BCUT2D eigenvalue weighted by atomic mass is 15.0. The first-order valence-corrected chi connectivity index (χ1v) is 15.3. The largest absolute Gasteiger partial charge is 0.254 e. The van der Waals surface area contributed by atoms with E-state index in [2.05, 4.69) is 78.9 Å². The highest BCUT2D eigenvalue weighted by Gasteiger charge is 2.16. The Morgan fingerprint density at radius 1 is 0.326 bits per heavy atom. The molecule has 214 valence electrons. The van der Waals surface area contributed by atoms with Crippen LogP contribution in [0.1, 0.15) is 0 Å². The third-order valence-electron chi connectivity index (χ3n) is 8.49. The maximum Gasteiger partial charge on any atom is 0.164 e. The topological polar surface area (TPSA) is 64.5 Å². The van der Waals surface area contributed by atoms with Crippen molar-refractivity contribution in [2.45, 2.75) is 0 Å². The minimum atomic E-state index is 0.623. The number of hydrogen-bond donors (Lipinski definition) is 0. The van der Waals surface area contributed by atoms with Gasteiger partial charge >= 0.3 is 0 Å². The van der Waals surface area contributed by atoms with Crippen molar-refractivity contribution >= 4 is 43.5 Å². The molecular formula is C41H25N5. The van der Waals surface area contributed by atoms with Gasteiger partial charge in [-0.2, -0.15) is 0 Å². The third kappa shape index (κ3) is 4.45. The van der Waals surface area contributed by atoms with Gasteiger partial charge in [0, 0.05) is 44.4 Å². The molecule has 0 saturated heterocycles. The molecule has 9 aromatic rings. The molecule has 0 saturated carbocycles. The van der Waals surface area contributed by atoms with Crippen LogP contribution in [0.3, 0.4) is 0 Å². The zero-order valence-corrected chi connectivity index (χ0v) is 24.7. The Bertz CT molecular complexity index is 2520. The molecule has 0 unspecified atom stereocenters. The quantitative estimate of drug-likeness (QED) is 0.151. The molecule has 0 spiro atoms. The number of fused-ring (bicyclic) bond motifs is 6. The van der Waals surface area contributed by atoms with Gasteiger partial charge in [0.1, 0.15) is 0 Å². The molecule has 5 nitrogen and oxygen atoms in total. The van der Waals surface area contributed by atoms with Crippen molar-refractivity contribution in [2.24, 2.45) is 0 Å². The van der Waals surface area contributed by atoms with Gasteiger partial charge in [-0.05, 0) is 40.8 Å². The fourth-order valence-corrected chi connectivity index (χ4v) is 6.27. The molecular weight excluding hydrogens is 562 g/mol. The lowest BCUT2D eigenvalue weighted by atomic mass is 9.95. The van der Waals surface area contributed by atoms with Crippen LogP contribution >= 0.6 is 0 Å². The van der Waals surface area contributed by atoms with Crippen LogP contribution in [0.25, 0.3) is 88.8 Å². The summed E-state index contributed by atoms with van der Waals surface area (Å²) in [6.45, 7) is 0. The highest BCUT2D eigenvalue weighted by Crippen LogP contribution is 2.37. The number of hydrogen-bond acceptors (Lipinski definition) is 5. The fraction of sp³-hybridized carbons (Fsp3) is 0. The van der Waals surface area contributed by atoms with Crippen LogP contribution in [0.2, 0.25) is 0 Å². The van der Waals surface area contributed by atoms with Crippen molar-refractivity contribution in [3.63, 3.8) is 0 Å². The SMILES string of the molecule is c1ccc(-c2nc(-c3ccccc3)nc(-c3cccc(-c4cc5cc6ccc7ccccc7c6nc5c5ncccc45)c3)n2)cc1. The molecule has 9 rings (SSSR count). The van der Waals surface area contributed by atoms with E-state index in [4.69, 9.17) is 24.9 Å². The van der Waals surface area contributed by atoms with Crippen molar-refractivity contribution in [3.8, 4) is 45.3 Å². The van der Waals surface area contributed by atoms with Gasteiger partial charge in [0.15, 0.2) is 17.5 Å². The summed E-state index contributed by atoms with van der Waals surface area (Å²) >= 11 is 0. The van der Waals surface area contributed by atoms with Gasteiger partial charge in [0.05, 0.1) is 16.6 Å². The number of pyridine rings is 2. The molecule has 0 N–H and O–H groups in total. The average molecular weight is 588 g/mol. The Hall–Kier alpha value is -6.33. The van der Waals surface area contributed by atoms with Gasteiger partial charge < -0.3 is 0 Å². The summed E-state index contributed by atoms with van der Waals surface area (Å²) in [6.07, 6.45) is 1.85. The molecule has 0 aliphatic rings. The Kier molecular flexibility index (Phi) is 6.06. The van der Waals surface area contributed by atoms with Crippen LogP contribution < -0.4 is 0 Å². The van der Waals surface area contributed by atoms with Crippen LogP contribution in [0.5, 0.6) is 0 Å². The van der Waals surface area contributed by atoms with E-state index in [1.165, 1.54) is 5.39 Å². The van der Waals surface area contributed by atoms with Gasteiger partial charge in [-0.3, -0.25) is 4.98 Å². The van der Waals surface area contributed by atoms with E-state index in [0.717, 1.165) is 65.9 Å². The van der Waals surface area contributed by atoms with Crippen molar-refractivity contribution in [1.82, 2.24) is 24.9 Å². The highest BCUT2D eigenvalue weighted by molar-refractivity contribution is 6.15. The first kappa shape index (κ1) is 26.1. The molecule has 5 heteroatoms. The molecule has 0 aliphatic carbocycles. The second-order valence-corrected chi connectivity index (χ2v) is 11.4. The van der Waals surface area contributed by atoms with Crippen molar-refractivity contribution in [3.05, 3.63) is 152 Å².